The number of benzene rings is 2. The highest BCUT2D eigenvalue weighted by Gasteiger charge is 2.42. The van der Waals surface area contributed by atoms with Gasteiger partial charge in [0.15, 0.2) is 11.5 Å². The summed E-state index contributed by atoms with van der Waals surface area (Å²) in [6.45, 7) is 7.73. The molecule has 3 nitrogen and oxygen atoms in total. The van der Waals surface area contributed by atoms with Crippen molar-refractivity contribution in [2.24, 2.45) is 0 Å². The van der Waals surface area contributed by atoms with E-state index in [1.165, 1.54) is 29.5 Å². The van der Waals surface area contributed by atoms with Crippen LogP contribution in [-0.2, 0) is 6.42 Å². The molecule has 0 saturated carbocycles. The molecule has 2 aromatic rings. The number of rotatable bonds is 4. The third-order valence-corrected chi connectivity index (χ3v) is 5.82. The highest BCUT2D eigenvalue weighted by atomic mass is 16.3. The summed E-state index contributed by atoms with van der Waals surface area (Å²) in [5, 5.41) is 20.6. The number of fused-ring (bicyclic) bond motifs is 2. The summed E-state index contributed by atoms with van der Waals surface area (Å²) in [4.78, 5) is 2.67. The number of phenolic OH excluding ortho intramolecular Hbond substituents is 2. The van der Waals surface area contributed by atoms with Gasteiger partial charge in [-0.1, -0.05) is 44.0 Å². The summed E-state index contributed by atoms with van der Waals surface area (Å²) in [6, 6.07) is 8.98. The van der Waals surface area contributed by atoms with Crippen LogP contribution >= 0.6 is 0 Å². The second kappa shape index (κ2) is 6.06. The van der Waals surface area contributed by atoms with E-state index < -0.39 is 0 Å². The van der Waals surface area contributed by atoms with E-state index in [9.17, 15) is 10.2 Å². The largest absolute Gasteiger partial charge is 0.504 e. The molecule has 0 bridgehead atoms. The van der Waals surface area contributed by atoms with Gasteiger partial charge in [-0.25, -0.2) is 0 Å². The minimum atomic E-state index is -0.0269. The predicted octanol–water partition coefficient (Wildman–Crippen LogP) is 5.24. The highest BCUT2D eigenvalue weighted by molar-refractivity contribution is 5.83. The molecule has 0 radical (unpaired) electrons. The van der Waals surface area contributed by atoms with Gasteiger partial charge in [0.25, 0.3) is 0 Å². The summed E-state index contributed by atoms with van der Waals surface area (Å²) in [7, 11) is 0. The van der Waals surface area contributed by atoms with Crippen molar-refractivity contribution in [2.45, 2.75) is 58.5 Å². The quantitative estimate of drug-likeness (QED) is 0.750. The van der Waals surface area contributed by atoms with E-state index in [4.69, 9.17) is 0 Å². The van der Waals surface area contributed by atoms with Crippen molar-refractivity contribution in [2.75, 3.05) is 6.54 Å². The van der Waals surface area contributed by atoms with Crippen molar-refractivity contribution in [1.82, 2.24) is 4.90 Å². The molecule has 25 heavy (non-hydrogen) atoms. The lowest BCUT2D eigenvalue weighted by atomic mass is 9.80. The van der Waals surface area contributed by atoms with Crippen molar-refractivity contribution < 1.29 is 10.2 Å². The Morgan fingerprint density at radius 3 is 2.64 bits per heavy atom. The Labute approximate surface area is 149 Å². The van der Waals surface area contributed by atoms with Crippen LogP contribution in [0.1, 0.15) is 67.4 Å². The molecule has 2 N–H and O–H groups in total. The molecule has 1 heterocycles. The molecule has 0 unspecified atom stereocenters. The normalized spacial score (nSPS) is 21.2. The second-order valence-electron chi connectivity index (χ2n) is 7.55. The Morgan fingerprint density at radius 2 is 1.92 bits per heavy atom. The monoisotopic (exact) mass is 337 g/mol. The van der Waals surface area contributed by atoms with Crippen LogP contribution in [-0.4, -0.2) is 21.7 Å². The first kappa shape index (κ1) is 16.5. The average Bonchev–Trinajstić information content (AvgIpc) is 2.86. The molecule has 4 rings (SSSR count). The van der Waals surface area contributed by atoms with Crippen LogP contribution in [0, 0.1) is 6.92 Å². The van der Waals surface area contributed by atoms with Gasteiger partial charge in [-0.3, -0.25) is 4.90 Å². The first-order valence-electron chi connectivity index (χ1n) is 9.51. The van der Waals surface area contributed by atoms with Gasteiger partial charge in [-0.05, 0) is 61.1 Å². The molecular weight excluding hydrogens is 310 g/mol. The molecule has 1 aliphatic carbocycles. The van der Waals surface area contributed by atoms with E-state index in [1.54, 1.807) is 6.07 Å². The maximum absolute atomic E-state index is 10.6. The zero-order valence-corrected chi connectivity index (χ0v) is 15.3. The zero-order valence-electron chi connectivity index (χ0n) is 15.3. The van der Waals surface area contributed by atoms with Crippen LogP contribution < -0.4 is 0 Å². The topological polar surface area (TPSA) is 43.7 Å². The minimum absolute atomic E-state index is 0.0269. The Balaban J connectivity index is 1.97. The van der Waals surface area contributed by atoms with E-state index in [0.717, 1.165) is 36.1 Å². The molecule has 2 atom stereocenters. The fourth-order valence-corrected chi connectivity index (χ4v) is 4.93. The summed E-state index contributed by atoms with van der Waals surface area (Å²) in [6.07, 6.45) is 4.39. The van der Waals surface area contributed by atoms with E-state index in [-0.39, 0.29) is 11.5 Å². The van der Waals surface area contributed by atoms with Crippen LogP contribution in [0.2, 0.25) is 0 Å². The van der Waals surface area contributed by atoms with E-state index in [0.29, 0.717) is 12.1 Å². The summed E-state index contributed by atoms with van der Waals surface area (Å²) in [5.41, 5.74) is 7.14. The molecule has 0 saturated heterocycles. The standard InChI is InChI=1S/C22H27NO2/c1-4-6-17-15-10-13(3)11-16-20-14(7-8-19(24)22(20)25)12-18(21(15)16)23(17)9-5-2/h7-8,10-11,17-18,24-25H,4-6,9,12H2,1-3H3/t17-,18+/m0/s1. The Kier molecular flexibility index (Phi) is 3.99. The van der Waals surface area contributed by atoms with Crippen LogP contribution in [0.25, 0.3) is 11.1 Å². The van der Waals surface area contributed by atoms with Crippen molar-refractivity contribution >= 4 is 0 Å². The highest BCUT2D eigenvalue weighted by Crippen LogP contribution is 2.55. The smallest absolute Gasteiger partial charge is 0.165 e. The van der Waals surface area contributed by atoms with E-state index in [2.05, 4.69) is 37.8 Å². The Bertz CT molecular complexity index is 827. The van der Waals surface area contributed by atoms with Gasteiger partial charge in [0.2, 0.25) is 0 Å². The first-order valence-corrected chi connectivity index (χ1v) is 9.51. The zero-order chi connectivity index (χ0) is 17.7. The number of phenols is 2. The second-order valence-corrected chi connectivity index (χ2v) is 7.55. The summed E-state index contributed by atoms with van der Waals surface area (Å²) in [5.74, 6) is 0.00529. The van der Waals surface area contributed by atoms with Crippen molar-refractivity contribution in [3.63, 3.8) is 0 Å². The fraction of sp³-hybridized carbons (Fsp3) is 0.455. The van der Waals surface area contributed by atoms with Gasteiger partial charge in [-0.15, -0.1) is 0 Å². The van der Waals surface area contributed by atoms with Crippen molar-refractivity contribution in [1.29, 1.82) is 0 Å². The van der Waals surface area contributed by atoms with E-state index in [1.807, 2.05) is 6.07 Å². The fourth-order valence-electron chi connectivity index (χ4n) is 4.93. The third kappa shape index (κ3) is 2.36. The van der Waals surface area contributed by atoms with Gasteiger partial charge < -0.3 is 10.2 Å². The van der Waals surface area contributed by atoms with Gasteiger partial charge in [-0.2, -0.15) is 0 Å². The van der Waals surface area contributed by atoms with Crippen molar-refractivity contribution in [3.05, 3.63) is 46.5 Å². The third-order valence-electron chi connectivity index (χ3n) is 5.82. The number of aryl methyl sites for hydroxylation is 1. The number of nitrogens with zero attached hydrogens (tertiary/aromatic N) is 1. The molecule has 0 fully saturated rings. The van der Waals surface area contributed by atoms with Gasteiger partial charge >= 0.3 is 0 Å². The van der Waals surface area contributed by atoms with Gasteiger partial charge in [0.05, 0.1) is 0 Å². The van der Waals surface area contributed by atoms with Crippen LogP contribution in [0.4, 0.5) is 0 Å². The van der Waals surface area contributed by atoms with Crippen LogP contribution in [0.15, 0.2) is 24.3 Å². The molecule has 3 heteroatoms. The molecule has 0 spiro atoms. The Hall–Kier alpha value is -2.00. The molecule has 132 valence electrons. The number of hydrogen-bond donors (Lipinski definition) is 2. The minimum Gasteiger partial charge on any atom is -0.504 e. The van der Waals surface area contributed by atoms with Gasteiger partial charge in [0, 0.05) is 17.6 Å². The Morgan fingerprint density at radius 1 is 1.12 bits per heavy atom. The lowest BCUT2D eigenvalue weighted by molar-refractivity contribution is 0.151. The molecule has 2 aromatic carbocycles. The summed E-state index contributed by atoms with van der Waals surface area (Å²) >= 11 is 0. The van der Waals surface area contributed by atoms with Gasteiger partial charge in [0.1, 0.15) is 0 Å². The number of hydrogen-bond acceptors (Lipinski definition) is 3. The lowest BCUT2D eigenvalue weighted by Gasteiger charge is -2.33. The molecule has 0 amide bonds. The molecule has 1 aliphatic heterocycles. The molecular formula is C22H27NO2. The molecule has 2 aliphatic rings. The van der Waals surface area contributed by atoms with Crippen LogP contribution in [0.5, 0.6) is 11.5 Å². The SMILES string of the molecule is CCC[C@H]1c2cc(C)cc3c2[C@@H](Cc2ccc(O)c(O)c2-3)N1CCC. The average molecular weight is 337 g/mol. The lowest BCUT2D eigenvalue weighted by Crippen LogP contribution is -2.29. The predicted molar refractivity (Wildman–Crippen MR) is 101 cm³/mol. The maximum atomic E-state index is 10.6. The number of aromatic hydroxyl groups is 2. The first-order chi connectivity index (χ1) is 12.1. The molecule has 0 aromatic heterocycles. The summed E-state index contributed by atoms with van der Waals surface area (Å²) < 4.78 is 0. The van der Waals surface area contributed by atoms with Crippen LogP contribution in [0.3, 0.4) is 0 Å². The van der Waals surface area contributed by atoms with E-state index >= 15 is 0 Å². The maximum Gasteiger partial charge on any atom is 0.165 e. The van der Waals surface area contributed by atoms with Crippen molar-refractivity contribution in [3.8, 4) is 22.6 Å².